The molecule has 0 bridgehead atoms. The lowest BCUT2D eigenvalue weighted by atomic mass is 10.00. The van der Waals surface area contributed by atoms with Crippen LogP contribution >= 0.6 is 0 Å². The summed E-state index contributed by atoms with van der Waals surface area (Å²) in [4.78, 5) is 11.0. The van der Waals surface area contributed by atoms with Crippen molar-refractivity contribution >= 4 is 16.7 Å². The molecule has 0 aliphatic heterocycles. The predicted octanol–water partition coefficient (Wildman–Crippen LogP) is 2.94. The summed E-state index contributed by atoms with van der Waals surface area (Å²) in [6, 6.07) is 18.3. The summed E-state index contributed by atoms with van der Waals surface area (Å²) in [6.45, 7) is -0.295. The van der Waals surface area contributed by atoms with Gasteiger partial charge in [0.2, 0.25) is 0 Å². The molecule has 1 unspecified atom stereocenters. The summed E-state index contributed by atoms with van der Waals surface area (Å²) in [6.07, 6.45) is -0.893. The topological polar surface area (TPSA) is 87.0 Å². The first kappa shape index (κ1) is 17.0. The third-order valence-electron chi connectivity index (χ3n) is 3.93. The molecule has 128 valence electrons. The SMILES string of the molecule is O=C(O)c1ccc2cc(-c3ccc(OCC(O)CO)cc3)ccc2c1. The second-order valence-electron chi connectivity index (χ2n) is 5.75. The zero-order valence-electron chi connectivity index (χ0n) is 13.4. The van der Waals surface area contributed by atoms with Gasteiger partial charge in [0.05, 0.1) is 12.2 Å². The quantitative estimate of drug-likeness (QED) is 0.643. The van der Waals surface area contributed by atoms with E-state index in [4.69, 9.17) is 14.9 Å². The number of aliphatic hydroxyl groups is 2. The van der Waals surface area contributed by atoms with Crippen molar-refractivity contribution in [2.75, 3.05) is 13.2 Å². The van der Waals surface area contributed by atoms with Crippen LogP contribution in [-0.2, 0) is 0 Å². The zero-order valence-corrected chi connectivity index (χ0v) is 13.4. The molecule has 0 amide bonds. The highest BCUT2D eigenvalue weighted by Crippen LogP contribution is 2.27. The summed E-state index contributed by atoms with van der Waals surface area (Å²) >= 11 is 0. The van der Waals surface area contributed by atoms with E-state index in [-0.39, 0.29) is 18.8 Å². The zero-order chi connectivity index (χ0) is 17.8. The lowest BCUT2D eigenvalue weighted by Crippen LogP contribution is -2.21. The number of hydrogen-bond donors (Lipinski definition) is 3. The van der Waals surface area contributed by atoms with Gasteiger partial charge in [0.25, 0.3) is 0 Å². The first-order valence-corrected chi connectivity index (χ1v) is 7.86. The van der Waals surface area contributed by atoms with Crippen LogP contribution in [0.3, 0.4) is 0 Å². The summed E-state index contributed by atoms with van der Waals surface area (Å²) < 4.78 is 5.39. The number of aliphatic hydroxyl groups excluding tert-OH is 2. The Bertz CT molecular complexity index is 886. The summed E-state index contributed by atoms with van der Waals surface area (Å²) in [7, 11) is 0. The molecule has 0 heterocycles. The van der Waals surface area contributed by atoms with E-state index < -0.39 is 12.1 Å². The molecule has 3 aromatic rings. The molecule has 25 heavy (non-hydrogen) atoms. The van der Waals surface area contributed by atoms with Crippen molar-refractivity contribution < 1.29 is 24.9 Å². The predicted molar refractivity (Wildman–Crippen MR) is 94.9 cm³/mol. The van der Waals surface area contributed by atoms with E-state index in [1.807, 2.05) is 30.3 Å². The van der Waals surface area contributed by atoms with Crippen LogP contribution in [0.15, 0.2) is 60.7 Å². The van der Waals surface area contributed by atoms with E-state index in [2.05, 4.69) is 0 Å². The van der Waals surface area contributed by atoms with Crippen LogP contribution in [0, 0.1) is 0 Å². The molecule has 0 saturated carbocycles. The number of benzene rings is 3. The van der Waals surface area contributed by atoms with Crippen LogP contribution in [0.5, 0.6) is 5.75 Å². The average Bonchev–Trinajstić information content (AvgIpc) is 2.65. The van der Waals surface area contributed by atoms with Crippen LogP contribution in [0.4, 0.5) is 0 Å². The number of carboxylic acid groups (broad SMARTS) is 1. The summed E-state index contributed by atoms with van der Waals surface area (Å²) in [5, 5.41) is 29.0. The molecule has 0 fully saturated rings. The highest BCUT2D eigenvalue weighted by Gasteiger charge is 2.06. The van der Waals surface area contributed by atoms with Crippen LogP contribution in [0.25, 0.3) is 21.9 Å². The smallest absolute Gasteiger partial charge is 0.335 e. The van der Waals surface area contributed by atoms with Gasteiger partial charge in [-0.3, -0.25) is 0 Å². The molecule has 1 atom stereocenters. The highest BCUT2D eigenvalue weighted by molar-refractivity contribution is 5.95. The Hall–Kier alpha value is -2.89. The van der Waals surface area contributed by atoms with Crippen molar-refractivity contribution in [3.05, 3.63) is 66.2 Å². The van der Waals surface area contributed by atoms with Gasteiger partial charge in [-0.05, 0) is 52.2 Å². The van der Waals surface area contributed by atoms with Gasteiger partial charge in [-0.2, -0.15) is 0 Å². The second kappa shape index (κ2) is 7.34. The van der Waals surface area contributed by atoms with Gasteiger partial charge in [-0.25, -0.2) is 4.79 Å². The lowest BCUT2D eigenvalue weighted by molar-refractivity contribution is 0.0536. The molecule has 3 aromatic carbocycles. The number of carboxylic acids is 1. The maximum absolute atomic E-state index is 11.0. The van der Waals surface area contributed by atoms with Gasteiger partial charge in [-0.15, -0.1) is 0 Å². The monoisotopic (exact) mass is 338 g/mol. The minimum absolute atomic E-state index is 0.0394. The highest BCUT2D eigenvalue weighted by atomic mass is 16.5. The van der Waals surface area contributed by atoms with E-state index in [9.17, 15) is 9.90 Å². The van der Waals surface area contributed by atoms with Gasteiger partial charge in [-0.1, -0.05) is 30.3 Å². The van der Waals surface area contributed by atoms with Crippen molar-refractivity contribution in [2.24, 2.45) is 0 Å². The third kappa shape index (κ3) is 3.96. The second-order valence-corrected chi connectivity index (χ2v) is 5.75. The maximum atomic E-state index is 11.0. The third-order valence-corrected chi connectivity index (χ3v) is 3.93. The average molecular weight is 338 g/mol. The van der Waals surface area contributed by atoms with Gasteiger partial charge >= 0.3 is 5.97 Å². The molecule has 0 aliphatic rings. The van der Waals surface area contributed by atoms with Crippen molar-refractivity contribution in [1.82, 2.24) is 0 Å². The Morgan fingerprint density at radius 1 is 0.920 bits per heavy atom. The van der Waals surface area contributed by atoms with Crippen LogP contribution in [0.1, 0.15) is 10.4 Å². The number of ether oxygens (including phenoxy) is 1. The first-order valence-electron chi connectivity index (χ1n) is 7.86. The van der Waals surface area contributed by atoms with Crippen molar-refractivity contribution in [2.45, 2.75) is 6.10 Å². The van der Waals surface area contributed by atoms with Gasteiger partial charge in [0, 0.05) is 0 Å². The molecule has 0 aliphatic carbocycles. The van der Waals surface area contributed by atoms with E-state index in [1.54, 1.807) is 30.3 Å². The standard InChI is InChI=1S/C20H18O5/c21-11-18(22)12-25-19-7-5-13(6-8-19)14-1-2-16-10-17(20(23)24)4-3-15(16)9-14/h1-10,18,21-22H,11-12H2,(H,23,24). The Kier molecular flexibility index (Phi) is 4.97. The van der Waals surface area contributed by atoms with Crippen LogP contribution in [-0.4, -0.2) is 40.6 Å². The van der Waals surface area contributed by atoms with E-state index in [0.29, 0.717) is 5.75 Å². The molecule has 3 N–H and O–H groups in total. The number of aromatic carboxylic acids is 1. The van der Waals surface area contributed by atoms with E-state index >= 15 is 0 Å². The van der Waals surface area contributed by atoms with Crippen molar-refractivity contribution in [1.29, 1.82) is 0 Å². The maximum Gasteiger partial charge on any atom is 0.335 e. The molecule has 0 saturated heterocycles. The minimum atomic E-state index is -0.937. The molecular weight excluding hydrogens is 320 g/mol. The Morgan fingerprint density at radius 2 is 1.56 bits per heavy atom. The number of carbonyl (C=O) groups is 1. The van der Waals surface area contributed by atoms with Gasteiger partial charge in [0.15, 0.2) is 0 Å². The molecular formula is C20H18O5. The Labute approximate surface area is 144 Å². The minimum Gasteiger partial charge on any atom is -0.491 e. The van der Waals surface area contributed by atoms with Gasteiger partial charge in [0.1, 0.15) is 18.5 Å². The van der Waals surface area contributed by atoms with Crippen LogP contribution in [0.2, 0.25) is 0 Å². The Balaban J connectivity index is 1.81. The fourth-order valence-electron chi connectivity index (χ4n) is 2.55. The van der Waals surface area contributed by atoms with E-state index in [0.717, 1.165) is 21.9 Å². The molecule has 0 spiro atoms. The first-order chi connectivity index (χ1) is 12.1. The summed E-state index contributed by atoms with van der Waals surface area (Å²) in [5.74, 6) is -0.323. The molecule has 5 heteroatoms. The molecule has 5 nitrogen and oxygen atoms in total. The number of hydrogen-bond acceptors (Lipinski definition) is 4. The van der Waals surface area contributed by atoms with Gasteiger partial charge < -0.3 is 20.1 Å². The largest absolute Gasteiger partial charge is 0.491 e. The summed E-state index contributed by atoms with van der Waals surface area (Å²) in [5.41, 5.74) is 2.28. The lowest BCUT2D eigenvalue weighted by Gasteiger charge is -2.10. The van der Waals surface area contributed by atoms with E-state index in [1.165, 1.54) is 0 Å². The number of rotatable bonds is 6. The molecule has 3 rings (SSSR count). The normalized spacial score (nSPS) is 12.1. The van der Waals surface area contributed by atoms with Crippen molar-refractivity contribution in [3.8, 4) is 16.9 Å². The fourth-order valence-corrected chi connectivity index (χ4v) is 2.55. The fraction of sp³-hybridized carbons (Fsp3) is 0.150. The van der Waals surface area contributed by atoms with Crippen LogP contribution < -0.4 is 4.74 Å². The number of fused-ring (bicyclic) bond motifs is 1. The Morgan fingerprint density at radius 3 is 2.24 bits per heavy atom. The molecule has 0 aromatic heterocycles. The molecule has 0 radical (unpaired) electrons. The van der Waals surface area contributed by atoms with Crippen molar-refractivity contribution in [3.63, 3.8) is 0 Å².